The zero-order valence-electron chi connectivity index (χ0n) is 71.4. The first-order chi connectivity index (χ1) is 59.2. The fourth-order valence-corrected chi connectivity index (χ4v) is 16.0. The number of aromatic hydroxyl groups is 1. The van der Waals surface area contributed by atoms with Crippen molar-refractivity contribution in [3.05, 3.63) is 98.0 Å². The number of aromatic amines is 1. The normalized spacial score (nSPS) is 15.3. The quantitative estimate of drug-likeness (QED) is 0.00503. The summed E-state index contributed by atoms with van der Waals surface area (Å²) in [6, 6.07) is 1.53. The maximum atomic E-state index is 15.1. The first kappa shape index (κ1) is 102. The van der Waals surface area contributed by atoms with Gasteiger partial charge in [0.1, 0.15) is 53.3 Å². The minimum atomic E-state index is -1.99. The Morgan fingerprint density at radius 3 is 2.04 bits per heavy atom. The van der Waals surface area contributed by atoms with E-state index in [0.29, 0.717) is 36.3 Å². The Morgan fingerprint density at radius 2 is 1.42 bits per heavy atom. The molecule has 3 aromatic heterocycles. The summed E-state index contributed by atoms with van der Waals surface area (Å²) < 4.78 is 17.3. The third-order valence-electron chi connectivity index (χ3n) is 20.1. The topological polar surface area (TPSA) is 623 Å². The zero-order chi connectivity index (χ0) is 92.3. The van der Waals surface area contributed by atoms with Crippen LogP contribution < -0.4 is 64.9 Å². The van der Waals surface area contributed by atoms with Gasteiger partial charge in [-0.3, -0.25) is 82.4 Å². The van der Waals surface area contributed by atoms with Crippen LogP contribution in [-0.4, -0.2) is 244 Å². The molecule has 0 bridgehead atoms. The third kappa shape index (κ3) is 34.7. The molecular formula is C81H115N19O22S3. The van der Waals surface area contributed by atoms with Crippen molar-refractivity contribution in [3.8, 4) is 5.75 Å². The number of likely N-dealkylation sites (N-methyl/N-ethyl adjacent to an activating group) is 1. The largest absolute Gasteiger partial charge is 0.508 e. The number of hydrogen-bond acceptors (Lipinski definition) is 30. The van der Waals surface area contributed by atoms with E-state index in [1.165, 1.54) is 47.7 Å². The number of esters is 3. The lowest BCUT2D eigenvalue weighted by Gasteiger charge is -2.39. The van der Waals surface area contributed by atoms with Gasteiger partial charge in [0.25, 0.3) is 17.4 Å². The van der Waals surface area contributed by atoms with Crippen molar-refractivity contribution in [2.45, 2.75) is 219 Å². The number of nitrogen functional groups attached to an aromatic ring is 1. The summed E-state index contributed by atoms with van der Waals surface area (Å²) in [7, 11) is 3.83. The van der Waals surface area contributed by atoms with Crippen molar-refractivity contribution < 1.29 is 102 Å². The number of likely N-dealkylation sites (tertiary alicyclic amines) is 1. The van der Waals surface area contributed by atoms with Crippen molar-refractivity contribution in [1.82, 2.24) is 77.3 Å². The fraction of sp³-hybridized carbons (Fsp3) is 0.556. The van der Waals surface area contributed by atoms with Gasteiger partial charge in [0.2, 0.25) is 41.4 Å². The van der Waals surface area contributed by atoms with Crippen LogP contribution in [0.25, 0.3) is 11.2 Å². The molecular weight excluding hydrogens is 1690 g/mol. The highest BCUT2D eigenvalue weighted by Crippen LogP contribution is 2.33. The third-order valence-corrected chi connectivity index (χ3v) is 23.4. The molecule has 2 aromatic carbocycles. The molecule has 1 saturated heterocycles. The summed E-state index contributed by atoms with van der Waals surface area (Å²) >= 11 is 1.01. The van der Waals surface area contributed by atoms with E-state index in [0.717, 1.165) is 45.8 Å². The number of phenols is 1. The molecule has 4 heterocycles. The van der Waals surface area contributed by atoms with E-state index in [9.17, 15) is 87.5 Å². The van der Waals surface area contributed by atoms with E-state index < -0.39 is 175 Å². The van der Waals surface area contributed by atoms with E-state index in [1.807, 2.05) is 53.5 Å². The number of carbonyl (C=O) groups excluding carboxylic acids is 11. The van der Waals surface area contributed by atoms with Crippen LogP contribution >= 0.6 is 32.9 Å². The van der Waals surface area contributed by atoms with Crippen LogP contribution in [0.5, 0.6) is 5.75 Å². The average Bonchev–Trinajstić information content (AvgIpc) is 1.46. The highest BCUT2D eigenvalue weighted by molar-refractivity contribution is 8.76. The molecule has 0 spiro atoms. The summed E-state index contributed by atoms with van der Waals surface area (Å²) in [6.07, 6.45) is 0.486. The summed E-state index contributed by atoms with van der Waals surface area (Å²) in [4.78, 5) is 223. The molecule has 1 unspecified atom stereocenters. The van der Waals surface area contributed by atoms with Crippen molar-refractivity contribution in [1.29, 1.82) is 5.41 Å². The summed E-state index contributed by atoms with van der Waals surface area (Å²) in [6.45, 7) is 15.6. The van der Waals surface area contributed by atoms with Gasteiger partial charge in [-0.25, -0.2) is 19.7 Å². The van der Waals surface area contributed by atoms with E-state index in [1.54, 1.807) is 38.1 Å². The lowest BCUT2D eigenvalue weighted by atomic mass is 9.92. The number of H-pyrrole nitrogens is 1. The highest BCUT2D eigenvalue weighted by atomic mass is 33.1. The maximum Gasteiger partial charge on any atom is 0.327 e. The van der Waals surface area contributed by atoms with Gasteiger partial charge in [0.05, 0.1) is 43.2 Å². The molecule has 1 aliphatic rings. The van der Waals surface area contributed by atoms with Crippen LogP contribution in [0.2, 0.25) is 0 Å². The van der Waals surface area contributed by atoms with Crippen LogP contribution in [0, 0.1) is 29.1 Å². The molecule has 44 heteroatoms. The Kier molecular flexibility index (Phi) is 41.5. The number of ether oxygens (including phenoxy) is 3. The summed E-state index contributed by atoms with van der Waals surface area (Å²) in [5.41, 5.74) is 12.3. The van der Waals surface area contributed by atoms with E-state index in [-0.39, 0.29) is 145 Å². The number of aliphatic carboxylic acids is 3. The van der Waals surface area contributed by atoms with Gasteiger partial charge < -0.3 is 98.9 Å². The predicted molar refractivity (Wildman–Crippen MR) is 463 cm³/mol. The molecule has 8 amide bonds. The number of piperidine rings is 1. The Labute approximate surface area is 733 Å². The van der Waals surface area contributed by atoms with E-state index >= 15 is 4.79 Å². The van der Waals surface area contributed by atoms with Gasteiger partial charge in [0, 0.05) is 79.0 Å². The number of carboxylic acid groups (broad SMARTS) is 3. The van der Waals surface area contributed by atoms with Crippen LogP contribution in [0.1, 0.15) is 189 Å². The van der Waals surface area contributed by atoms with Crippen LogP contribution in [0.4, 0.5) is 11.6 Å². The fourth-order valence-electron chi connectivity index (χ4n) is 13.2. The number of hydrogen-bond donors (Lipinski definition) is 17. The number of carboxylic acids is 3. The van der Waals surface area contributed by atoms with Gasteiger partial charge >= 0.3 is 35.8 Å². The lowest BCUT2D eigenvalue weighted by Crippen LogP contribution is -2.59. The molecule has 684 valence electrons. The number of amides is 8. The summed E-state index contributed by atoms with van der Waals surface area (Å²) in [5.74, 6) is -15.7. The Balaban J connectivity index is 1.03. The number of carbonyl (C=O) groups is 14. The van der Waals surface area contributed by atoms with Crippen molar-refractivity contribution in [3.63, 3.8) is 0 Å². The average molecular weight is 1800 g/mol. The van der Waals surface area contributed by atoms with Gasteiger partial charge in [0.15, 0.2) is 30.0 Å². The molecule has 6 rings (SSSR count). The zero-order valence-corrected chi connectivity index (χ0v) is 73.9. The number of nitrogens with zero attached hydrogens (tertiary/aromatic N) is 6. The standard InChI is InChI=1S/C81H115N19O22S3/c1-11-44(6)66(96-74(114)59-16-12-13-28-99(59)10)77(116)100(41-121-65(108)31-42(2)3)60(43(4)5)36-61(122-47(9)101)76-95-57(39-123-76)73(113)90-51(33-48-18-24-53(102)25-19-48)32-45(7)79(119)120-29-30-124-125-40-58(78(117)118)94-72(112)56(35-64(106)107)93-70(110)54(15-14-27-85-80(82)83)92-71(111)55(34-63(104)105)91-62(103)26-17-46(8)88-69(109)49-20-22-50(23-21-49)86-37-52-38-87-68-67(89-52)75(115)98-81(84)97-68/h18-25,38-39,42-46,51,54-56,58-61,66,86,102H,11-17,26-37,40-41H2,1-10H3,(H,88,109)(H,90,113)(H,91,103)(H,92,111)(H,93,110)(H,94,112)(H,96,114)(H,104,105)(H,106,107)(H,117,118)(H4,82,83,85)(H3,84,87,97,98,115)/t44?,45-,46+,51+,54-,55-,56-,58-,59+,60+,61+,66-/m0/s1. The predicted octanol–water partition coefficient (Wildman–Crippen LogP) is 3.61. The number of nitrogens with one attached hydrogen (secondary N) is 11. The first-order valence-electron chi connectivity index (χ1n) is 40.9. The first-order valence-corrected chi connectivity index (χ1v) is 44.3. The molecule has 0 aliphatic carbocycles. The minimum absolute atomic E-state index is 0.00312. The van der Waals surface area contributed by atoms with Gasteiger partial charge in [-0.1, -0.05) is 95.0 Å². The van der Waals surface area contributed by atoms with Crippen LogP contribution in [0.3, 0.4) is 0 Å². The highest BCUT2D eigenvalue weighted by Gasteiger charge is 2.41. The molecule has 125 heavy (non-hydrogen) atoms. The Bertz CT molecular complexity index is 4620. The van der Waals surface area contributed by atoms with Crippen molar-refractivity contribution in [2.24, 2.45) is 29.4 Å². The smallest absolute Gasteiger partial charge is 0.327 e. The Morgan fingerprint density at radius 1 is 0.760 bits per heavy atom. The number of benzene rings is 2. The number of phenolic OH excluding ortho intramolecular Hbond substituents is 1. The van der Waals surface area contributed by atoms with Gasteiger partial charge in [-0.2, -0.15) is 4.98 Å². The molecule has 1 aliphatic heterocycles. The Hall–Kier alpha value is -11.8. The molecule has 0 saturated carbocycles. The van der Waals surface area contributed by atoms with Crippen LogP contribution in [0.15, 0.2) is 64.9 Å². The number of aromatic nitrogens is 5. The molecule has 12 atom stereocenters. The summed E-state index contributed by atoms with van der Waals surface area (Å²) in [5, 5.41) is 72.7. The number of anilines is 2. The monoisotopic (exact) mass is 1800 g/mol. The molecule has 1 fully saturated rings. The second-order valence-corrected chi connectivity index (χ2v) is 34.7. The number of nitrogens with two attached hydrogens (primary N) is 2. The lowest BCUT2D eigenvalue weighted by molar-refractivity contribution is -0.161. The number of fused-ring (bicyclic) bond motifs is 1. The van der Waals surface area contributed by atoms with Crippen LogP contribution in [-0.2, 0) is 84.7 Å². The molecule has 19 N–H and O–H groups in total. The minimum Gasteiger partial charge on any atom is -0.508 e. The second-order valence-electron chi connectivity index (χ2n) is 31.2. The molecule has 41 nitrogen and oxygen atoms in total. The number of guanidine groups is 1. The number of thiazole rings is 1. The van der Waals surface area contributed by atoms with Gasteiger partial charge in [-0.15, -0.1) is 11.3 Å². The molecule has 0 radical (unpaired) electrons. The number of rotatable bonds is 52. The van der Waals surface area contributed by atoms with E-state index in [4.69, 9.17) is 31.1 Å². The van der Waals surface area contributed by atoms with E-state index in [2.05, 4.69) is 72.8 Å². The SMILES string of the molecule is CCC(C)[C@H](NC(=O)[C@H]1CCCCN1C)C(=O)N(COC(=O)CC(C)C)[C@H](C[C@@H](OC(C)=O)c1nc(C(=O)N[C@@H](Cc2ccc(O)cc2)C[C@H](C)C(=O)OCCSSC[C@H](NC(=O)[C@H](CC(=O)O)NC(=O)[C@H](CCCNC(=N)N)NC(=O)[C@H](CC(=O)O)NC(=O)CC[C@@H](C)NC(=O)c2ccc(NCc3cnc4nc(N)[nH]c(=O)c4n3)cc2)C(=O)O)cs1)C(C)C. The van der Waals surface area contributed by atoms with Gasteiger partial charge in [-0.05, 0) is 125 Å². The maximum absolute atomic E-state index is 15.1. The molecule has 5 aromatic rings. The van der Waals surface area contributed by atoms with Crippen molar-refractivity contribution in [2.75, 3.05) is 56.0 Å². The van der Waals surface area contributed by atoms with Crippen molar-refractivity contribution >= 4 is 145 Å². The second kappa shape index (κ2) is 50.8.